The Morgan fingerprint density at radius 3 is 2.12 bits per heavy atom. The number of phosphoric ester groups is 1. The van der Waals surface area contributed by atoms with Gasteiger partial charge in [0, 0.05) is 22.3 Å². The summed E-state index contributed by atoms with van der Waals surface area (Å²) in [6, 6.07) is 3.32. The van der Waals surface area contributed by atoms with E-state index in [-0.39, 0.29) is 40.8 Å². The third kappa shape index (κ3) is 8.54. The molecule has 4 N–H and O–H groups in total. The number of hydrogen-bond donors (Lipinski definition) is 3. The van der Waals surface area contributed by atoms with Crippen molar-refractivity contribution in [3.05, 3.63) is 24.2 Å². The highest BCUT2D eigenvalue weighted by atomic mass is 32.2. The topological polar surface area (TPSA) is 185 Å². The van der Waals surface area contributed by atoms with Crippen molar-refractivity contribution in [1.82, 2.24) is 14.6 Å². The van der Waals surface area contributed by atoms with Gasteiger partial charge in [0.15, 0.2) is 16.0 Å². The monoisotopic (exact) mass is 648 g/mol. The number of aliphatic hydroxyl groups excluding tert-OH is 2. The van der Waals surface area contributed by atoms with Crippen molar-refractivity contribution >= 4 is 52.9 Å². The molecule has 16 heteroatoms. The summed E-state index contributed by atoms with van der Waals surface area (Å²) in [5.74, 6) is 0.636. The summed E-state index contributed by atoms with van der Waals surface area (Å²) >= 11 is 2.08. The van der Waals surface area contributed by atoms with Crippen molar-refractivity contribution in [2.24, 2.45) is 10.8 Å². The smallest absolute Gasteiger partial charge is 0.387 e. The van der Waals surface area contributed by atoms with Gasteiger partial charge in [-0.3, -0.25) is 23.2 Å². The van der Waals surface area contributed by atoms with Gasteiger partial charge < -0.3 is 20.7 Å². The van der Waals surface area contributed by atoms with Gasteiger partial charge in [-0.15, -0.1) is 0 Å². The van der Waals surface area contributed by atoms with E-state index in [2.05, 4.69) is 10.1 Å². The molecule has 42 heavy (non-hydrogen) atoms. The lowest BCUT2D eigenvalue weighted by molar-refractivity contribution is -0.118. The van der Waals surface area contributed by atoms with Gasteiger partial charge in [-0.25, -0.2) is 14.1 Å². The minimum absolute atomic E-state index is 0.0557. The number of phosphoric acid groups is 1. The van der Waals surface area contributed by atoms with E-state index in [0.29, 0.717) is 11.2 Å². The quantitative estimate of drug-likeness (QED) is 0.224. The maximum atomic E-state index is 13.6. The number of thioether (sulfide) groups is 2. The van der Waals surface area contributed by atoms with Crippen LogP contribution in [-0.4, -0.2) is 84.2 Å². The Hall–Kier alpha value is -1.55. The van der Waals surface area contributed by atoms with Crippen molar-refractivity contribution in [2.45, 2.75) is 72.4 Å². The summed E-state index contributed by atoms with van der Waals surface area (Å²) in [5.41, 5.74) is 4.20. The fourth-order valence-electron chi connectivity index (χ4n) is 3.82. The molecule has 2 aromatic heterocycles. The standard InChI is InChI=1S/C26H41N4O9PS2/c1-24(2,3)22(33)41-12-10-36-40(35,37-11-13-42-23(34)25(4,5)6)38-14-26(7)20(32)18(31)19(39-26)16-8-9-17-21(27)28-15-29-30(16)17/h8-9,15,18-20,31-32H,10-14H2,1-7H3,(H2,27,28,29)/t18-,19-,20-,26+/m0/s1. The van der Waals surface area contributed by atoms with Gasteiger partial charge in [-0.1, -0.05) is 65.1 Å². The number of nitrogens with two attached hydrogens (primary N) is 1. The van der Waals surface area contributed by atoms with Crippen LogP contribution in [0.5, 0.6) is 0 Å². The van der Waals surface area contributed by atoms with Gasteiger partial charge in [-0.05, 0) is 19.1 Å². The summed E-state index contributed by atoms with van der Waals surface area (Å²) in [7, 11) is -4.25. The van der Waals surface area contributed by atoms with E-state index in [4.69, 9.17) is 24.0 Å². The number of carbonyl (C=O) groups excluding carboxylic acids is 2. The lowest BCUT2D eigenvalue weighted by atomic mass is 9.97. The lowest BCUT2D eigenvalue weighted by Gasteiger charge is -2.29. The van der Waals surface area contributed by atoms with Crippen LogP contribution < -0.4 is 5.73 Å². The van der Waals surface area contributed by atoms with Gasteiger partial charge >= 0.3 is 7.82 Å². The van der Waals surface area contributed by atoms with E-state index in [1.807, 2.05) is 0 Å². The first kappa shape index (κ1) is 34.9. The molecular formula is C26H41N4O9PS2. The number of nitrogen functional groups attached to an aromatic ring is 1. The molecule has 0 radical (unpaired) electrons. The van der Waals surface area contributed by atoms with Crippen molar-refractivity contribution in [3.63, 3.8) is 0 Å². The van der Waals surface area contributed by atoms with Gasteiger partial charge in [-0.2, -0.15) is 5.10 Å². The van der Waals surface area contributed by atoms with E-state index in [9.17, 15) is 24.4 Å². The normalized spacial score (nSPS) is 23.5. The van der Waals surface area contributed by atoms with Crippen LogP contribution in [0.15, 0.2) is 18.5 Å². The molecule has 3 heterocycles. The third-order valence-electron chi connectivity index (χ3n) is 6.32. The second kappa shape index (κ2) is 13.6. The first-order chi connectivity index (χ1) is 19.4. The zero-order valence-corrected chi connectivity index (χ0v) is 27.5. The summed E-state index contributed by atoms with van der Waals surface area (Å²) in [6.07, 6.45) is -2.59. The molecule has 1 aliphatic heterocycles. The highest BCUT2D eigenvalue weighted by Crippen LogP contribution is 2.52. The Balaban J connectivity index is 1.69. The number of hydrogen-bond acceptors (Lipinski definition) is 14. The van der Waals surface area contributed by atoms with Crippen LogP contribution in [0.3, 0.4) is 0 Å². The average Bonchev–Trinajstić information content (AvgIpc) is 3.43. The molecule has 3 rings (SSSR count). The molecule has 1 fully saturated rings. The predicted molar refractivity (Wildman–Crippen MR) is 161 cm³/mol. The summed E-state index contributed by atoms with van der Waals surface area (Å²) in [6.45, 7) is 11.6. The molecule has 0 aromatic carbocycles. The zero-order chi connectivity index (χ0) is 31.5. The van der Waals surface area contributed by atoms with E-state index in [0.717, 1.165) is 23.5 Å². The number of anilines is 1. The average molecular weight is 649 g/mol. The molecule has 1 saturated heterocycles. The molecule has 0 bridgehead atoms. The van der Waals surface area contributed by atoms with Crippen LogP contribution in [0, 0.1) is 10.8 Å². The van der Waals surface area contributed by atoms with Gasteiger partial charge in [0.2, 0.25) is 0 Å². The van der Waals surface area contributed by atoms with Crippen molar-refractivity contribution < 1.29 is 42.7 Å². The number of ether oxygens (including phenoxy) is 1. The number of aliphatic hydroxyl groups is 2. The molecule has 236 valence electrons. The Labute approximate surface area is 254 Å². The molecular weight excluding hydrogens is 607 g/mol. The fourth-order valence-corrected chi connectivity index (χ4v) is 6.90. The first-order valence-electron chi connectivity index (χ1n) is 13.4. The van der Waals surface area contributed by atoms with Crippen LogP contribution in [0.4, 0.5) is 5.82 Å². The number of fused-ring (bicyclic) bond motifs is 1. The van der Waals surface area contributed by atoms with E-state index < -0.39 is 49.2 Å². The van der Waals surface area contributed by atoms with E-state index in [1.165, 1.54) is 17.8 Å². The highest BCUT2D eigenvalue weighted by molar-refractivity contribution is 8.14. The minimum Gasteiger partial charge on any atom is -0.387 e. The molecule has 13 nitrogen and oxygen atoms in total. The van der Waals surface area contributed by atoms with E-state index >= 15 is 0 Å². The van der Waals surface area contributed by atoms with Crippen LogP contribution in [0.1, 0.15) is 60.3 Å². The maximum Gasteiger partial charge on any atom is 0.474 e. The molecule has 1 aliphatic rings. The Kier molecular flexibility index (Phi) is 11.3. The number of aromatic nitrogens is 3. The second-order valence-corrected chi connectivity index (χ2v) is 16.0. The van der Waals surface area contributed by atoms with E-state index in [1.54, 1.807) is 53.7 Å². The second-order valence-electron chi connectivity index (χ2n) is 12.1. The van der Waals surface area contributed by atoms with Crippen LogP contribution >= 0.6 is 31.3 Å². The predicted octanol–water partition coefficient (Wildman–Crippen LogP) is 3.63. The molecule has 0 spiro atoms. The van der Waals surface area contributed by atoms with Crippen molar-refractivity contribution in [2.75, 3.05) is 37.1 Å². The summed E-state index contributed by atoms with van der Waals surface area (Å²) < 4.78 is 37.8. The molecule has 0 aliphatic carbocycles. The van der Waals surface area contributed by atoms with Crippen LogP contribution in [0.25, 0.3) is 5.52 Å². The maximum absolute atomic E-state index is 13.6. The molecule has 0 unspecified atom stereocenters. The number of rotatable bonds is 12. The van der Waals surface area contributed by atoms with Gasteiger partial charge in [0.1, 0.15) is 35.8 Å². The fraction of sp³-hybridized carbons (Fsp3) is 0.692. The molecule has 2 aromatic rings. The molecule has 0 saturated carbocycles. The van der Waals surface area contributed by atoms with Gasteiger partial charge in [0.05, 0.1) is 25.5 Å². The molecule has 0 amide bonds. The lowest BCUT2D eigenvalue weighted by Crippen LogP contribution is -2.44. The Bertz CT molecular complexity index is 1270. The zero-order valence-electron chi connectivity index (χ0n) is 24.9. The van der Waals surface area contributed by atoms with Crippen molar-refractivity contribution in [3.8, 4) is 0 Å². The number of nitrogens with zero attached hydrogens (tertiary/aromatic N) is 3. The largest absolute Gasteiger partial charge is 0.474 e. The highest BCUT2D eigenvalue weighted by Gasteiger charge is 2.53. The third-order valence-corrected chi connectivity index (χ3v) is 10.3. The first-order valence-corrected chi connectivity index (χ1v) is 16.8. The van der Waals surface area contributed by atoms with Crippen LogP contribution in [0.2, 0.25) is 0 Å². The molecule has 4 atom stereocenters. The van der Waals surface area contributed by atoms with Gasteiger partial charge in [0.25, 0.3) is 0 Å². The van der Waals surface area contributed by atoms with Crippen molar-refractivity contribution in [1.29, 1.82) is 0 Å². The number of carbonyl (C=O) groups is 2. The minimum atomic E-state index is -4.25. The Morgan fingerprint density at radius 2 is 1.60 bits per heavy atom. The summed E-state index contributed by atoms with van der Waals surface area (Å²) in [4.78, 5) is 28.4. The Morgan fingerprint density at radius 1 is 1.05 bits per heavy atom. The SMILES string of the molecule is CC(C)(C)C(=O)SCCOP(=O)(OCCSC(=O)C(C)(C)C)OC[C@@]1(C)O[C@@H](c2ccc3c(N)ncnn23)[C@H](O)[C@@H]1O. The van der Waals surface area contributed by atoms with Crippen LogP contribution in [-0.2, 0) is 32.5 Å². The summed E-state index contributed by atoms with van der Waals surface area (Å²) in [5, 5.41) is 25.9.